The lowest BCUT2D eigenvalue weighted by Gasteiger charge is -2.13. The fourth-order valence-corrected chi connectivity index (χ4v) is 3.67. The van der Waals surface area contributed by atoms with Crippen molar-refractivity contribution in [1.82, 2.24) is 14.9 Å². The Balaban J connectivity index is 1.61. The number of hydrogen-bond donors (Lipinski definition) is 1. The van der Waals surface area contributed by atoms with Gasteiger partial charge in [0, 0.05) is 25.9 Å². The van der Waals surface area contributed by atoms with Gasteiger partial charge in [0.15, 0.2) is 11.5 Å². The summed E-state index contributed by atoms with van der Waals surface area (Å²) in [5.41, 5.74) is 3.22. The first-order valence-electron chi connectivity index (χ1n) is 11.3. The van der Waals surface area contributed by atoms with Crippen LogP contribution in [0.2, 0.25) is 0 Å². The molecule has 0 aliphatic heterocycles. The number of allylic oxidation sites excluding steroid dienone is 1. The highest BCUT2D eigenvalue weighted by atomic mass is 16.5. The van der Waals surface area contributed by atoms with Gasteiger partial charge >= 0.3 is 0 Å². The van der Waals surface area contributed by atoms with Gasteiger partial charge in [0.2, 0.25) is 5.91 Å². The highest BCUT2D eigenvalue weighted by Gasteiger charge is 2.11. The number of benzene rings is 2. The van der Waals surface area contributed by atoms with Crippen molar-refractivity contribution in [2.75, 3.05) is 20.3 Å². The van der Waals surface area contributed by atoms with Gasteiger partial charge in [0.05, 0.1) is 24.8 Å². The van der Waals surface area contributed by atoms with Gasteiger partial charge in [-0.1, -0.05) is 37.3 Å². The predicted molar refractivity (Wildman–Crippen MR) is 129 cm³/mol. The van der Waals surface area contributed by atoms with E-state index in [1.165, 1.54) is 0 Å². The quantitative estimate of drug-likeness (QED) is 0.406. The fraction of sp³-hybridized carbons (Fsp3) is 0.385. The van der Waals surface area contributed by atoms with Crippen LogP contribution in [0.15, 0.2) is 48.5 Å². The highest BCUT2D eigenvalue weighted by Crippen LogP contribution is 2.29. The maximum absolute atomic E-state index is 11.5. The summed E-state index contributed by atoms with van der Waals surface area (Å²) in [6.45, 7) is 5.92. The van der Waals surface area contributed by atoms with Crippen LogP contribution >= 0.6 is 0 Å². The molecule has 0 unspecified atom stereocenters. The summed E-state index contributed by atoms with van der Waals surface area (Å²) in [4.78, 5) is 16.3. The maximum Gasteiger partial charge on any atom is 0.219 e. The molecule has 6 nitrogen and oxygen atoms in total. The third-order valence-electron chi connectivity index (χ3n) is 5.28. The number of nitrogens with one attached hydrogen (secondary N) is 1. The van der Waals surface area contributed by atoms with E-state index in [9.17, 15) is 4.79 Å². The second-order valence-electron chi connectivity index (χ2n) is 7.59. The number of carbonyl (C=O) groups is 1. The standard InChI is InChI=1S/C26H33N3O3/c1-4-10-20-14-15-23(24(19-20)31-3)32-18-9-17-29-22-12-7-6-11-21(22)28-25(29)13-8-16-27-26(30)5-2/h4,6-7,10-12,14-15,19H,5,8-9,13,16-18H2,1-3H3,(H,27,30)/b10-4+. The summed E-state index contributed by atoms with van der Waals surface area (Å²) in [7, 11) is 1.66. The summed E-state index contributed by atoms with van der Waals surface area (Å²) in [5.74, 6) is 2.63. The van der Waals surface area contributed by atoms with Crippen LogP contribution in [0.1, 0.15) is 44.5 Å². The van der Waals surface area contributed by atoms with Gasteiger partial charge in [-0.15, -0.1) is 0 Å². The Morgan fingerprint density at radius 2 is 2.00 bits per heavy atom. The van der Waals surface area contributed by atoms with E-state index in [1.54, 1.807) is 7.11 Å². The number of aromatic nitrogens is 2. The van der Waals surface area contributed by atoms with Gasteiger partial charge in [-0.3, -0.25) is 4.79 Å². The molecular formula is C26H33N3O3. The fourth-order valence-electron chi connectivity index (χ4n) is 3.67. The largest absolute Gasteiger partial charge is 0.493 e. The Morgan fingerprint density at radius 3 is 2.78 bits per heavy atom. The van der Waals surface area contributed by atoms with Crippen molar-refractivity contribution in [2.24, 2.45) is 0 Å². The molecule has 1 aromatic heterocycles. The van der Waals surface area contributed by atoms with Gasteiger partial charge in [-0.2, -0.15) is 0 Å². The first-order chi connectivity index (χ1) is 15.7. The Labute approximate surface area is 190 Å². The van der Waals surface area contributed by atoms with E-state index in [0.717, 1.165) is 59.7 Å². The minimum atomic E-state index is 0.0878. The number of aryl methyl sites for hydroxylation is 2. The van der Waals surface area contributed by atoms with E-state index < -0.39 is 0 Å². The molecule has 0 aliphatic carbocycles. The van der Waals surface area contributed by atoms with E-state index in [-0.39, 0.29) is 5.91 Å². The molecule has 3 aromatic rings. The van der Waals surface area contributed by atoms with Crippen molar-refractivity contribution in [3.8, 4) is 11.5 Å². The van der Waals surface area contributed by atoms with E-state index in [4.69, 9.17) is 14.5 Å². The second-order valence-corrected chi connectivity index (χ2v) is 7.59. The first-order valence-corrected chi connectivity index (χ1v) is 11.3. The van der Waals surface area contributed by atoms with Gasteiger partial charge in [0.1, 0.15) is 5.82 Å². The zero-order chi connectivity index (χ0) is 22.8. The Hall–Kier alpha value is -3.28. The summed E-state index contributed by atoms with van der Waals surface area (Å²) in [5, 5.41) is 2.94. The van der Waals surface area contributed by atoms with Crippen LogP contribution in [0, 0.1) is 0 Å². The molecule has 0 fully saturated rings. The van der Waals surface area contributed by atoms with Crippen molar-refractivity contribution >= 4 is 23.0 Å². The number of ether oxygens (including phenoxy) is 2. The van der Waals surface area contributed by atoms with Crippen molar-refractivity contribution in [3.05, 3.63) is 59.9 Å². The van der Waals surface area contributed by atoms with Gasteiger partial charge in [0.25, 0.3) is 0 Å². The van der Waals surface area contributed by atoms with Crippen LogP contribution in [0.3, 0.4) is 0 Å². The number of hydrogen-bond acceptors (Lipinski definition) is 4. The number of para-hydroxylation sites is 2. The van der Waals surface area contributed by atoms with Crippen LogP contribution in [-0.2, 0) is 17.8 Å². The maximum atomic E-state index is 11.5. The molecule has 0 saturated carbocycles. The summed E-state index contributed by atoms with van der Waals surface area (Å²) < 4.78 is 13.8. The molecule has 1 amide bonds. The lowest BCUT2D eigenvalue weighted by molar-refractivity contribution is -0.120. The zero-order valence-corrected chi connectivity index (χ0v) is 19.3. The number of carbonyl (C=O) groups excluding carboxylic acids is 1. The molecular weight excluding hydrogens is 402 g/mol. The summed E-state index contributed by atoms with van der Waals surface area (Å²) >= 11 is 0. The molecule has 0 spiro atoms. The molecule has 1 N–H and O–H groups in total. The molecule has 0 radical (unpaired) electrons. The van der Waals surface area contributed by atoms with Crippen LogP contribution in [-0.4, -0.2) is 35.7 Å². The minimum absolute atomic E-state index is 0.0878. The number of nitrogens with zero attached hydrogens (tertiary/aromatic N) is 2. The second kappa shape index (κ2) is 11.9. The average molecular weight is 436 g/mol. The Bertz CT molecular complexity index is 1060. The molecule has 0 saturated heterocycles. The lowest BCUT2D eigenvalue weighted by Crippen LogP contribution is -2.23. The Morgan fingerprint density at radius 1 is 1.16 bits per heavy atom. The van der Waals surface area contributed by atoms with Crippen LogP contribution < -0.4 is 14.8 Å². The van der Waals surface area contributed by atoms with Crippen LogP contribution in [0.4, 0.5) is 0 Å². The van der Waals surface area contributed by atoms with Crippen LogP contribution in [0.5, 0.6) is 11.5 Å². The van der Waals surface area contributed by atoms with Gasteiger partial charge in [-0.25, -0.2) is 4.98 Å². The van der Waals surface area contributed by atoms with Crippen molar-refractivity contribution in [1.29, 1.82) is 0 Å². The molecule has 3 rings (SSSR count). The number of rotatable bonds is 12. The molecule has 2 aromatic carbocycles. The molecule has 0 bridgehead atoms. The molecule has 6 heteroatoms. The molecule has 170 valence electrons. The molecule has 0 atom stereocenters. The van der Waals surface area contributed by atoms with Crippen molar-refractivity contribution in [2.45, 2.75) is 46.1 Å². The zero-order valence-electron chi connectivity index (χ0n) is 19.3. The number of fused-ring (bicyclic) bond motifs is 1. The normalized spacial score (nSPS) is 11.2. The van der Waals surface area contributed by atoms with E-state index in [1.807, 2.05) is 62.4 Å². The molecule has 32 heavy (non-hydrogen) atoms. The Kier molecular flexibility index (Phi) is 8.72. The lowest BCUT2D eigenvalue weighted by atomic mass is 10.2. The molecule has 0 aliphatic rings. The summed E-state index contributed by atoms with van der Waals surface area (Å²) in [6.07, 6.45) is 7.08. The predicted octanol–water partition coefficient (Wildman–Crippen LogP) is 5.01. The monoisotopic (exact) mass is 435 g/mol. The van der Waals surface area contributed by atoms with Crippen molar-refractivity contribution < 1.29 is 14.3 Å². The highest BCUT2D eigenvalue weighted by molar-refractivity contribution is 5.76. The van der Waals surface area contributed by atoms with Crippen molar-refractivity contribution in [3.63, 3.8) is 0 Å². The van der Waals surface area contributed by atoms with E-state index in [2.05, 4.69) is 16.0 Å². The van der Waals surface area contributed by atoms with E-state index in [0.29, 0.717) is 19.6 Å². The third-order valence-corrected chi connectivity index (χ3v) is 5.28. The van der Waals surface area contributed by atoms with Gasteiger partial charge < -0.3 is 19.4 Å². The number of imidazole rings is 1. The smallest absolute Gasteiger partial charge is 0.219 e. The third kappa shape index (κ3) is 6.13. The minimum Gasteiger partial charge on any atom is -0.493 e. The van der Waals surface area contributed by atoms with E-state index >= 15 is 0 Å². The number of amides is 1. The average Bonchev–Trinajstić information content (AvgIpc) is 3.17. The van der Waals surface area contributed by atoms with Crippen LogP contribution in [0.25, 0.3) is 17.1 Å². The first kappa shape index (κ1) is 23.4. The SMILES string of the molecule is C/C=C/c1ccc(OCCCn2c(CCCNC(=O)CC)nc3ccccc32)c(OC)c1. The summed E-state index contributed by atoms with van der Waals surface area (Å²) in [6, 6.07) is 14.2. The topological polar surface area (TPSA) is 65.4 Å². The number of methoxy groups -OCH3 is 1. The van der Waals surface area contributed by atoms with Gasteiger partial charge in [-0.05, 0) is 49.6 Å². The molecule has 1 heterocycles.